The van der Waals surface area contributed by atoms with E-state index < -0.39 is 5.95 Å². The Hall–Kier alpha value is -0.880. The number of aliphatic hydroxyl groups is 1. The number of rotatable bonds is 5. The molecule has 0 radical (unpaired) electrons. The minimum atomic E-state index is -0.565. The van der Waals surface area contributed by atoms with E-state index in [1.54, 1.807) is 11.8 Å². The van der Waals surface area contributed by atoms with Crippen LogP contribution in [0.4, 0.5) is 10.2 Å². The van der Waals surface area contributed by atoms with E-state index in [0.717, 1.165) is 6.33 Å². The number of hydrogen-bond donors (Lipinski definition) is 2. The lowest BCUT2D eigenvalue weighted by molar-refractivity contribution is 0.288. The molecule has 0 aromatic carbocycles. The number of aliphatic hydroxyl groups excluding tert-OH is 1. The lowest BCUT2D eigenvalue weighted by atomic mass is 10.2. The Morgan fingerprint density at radius 2 is 2.33 bits per heavy atom. The first-order chi connectivity index (χ1) is 7.17. The molecule has 1 aromatic heterocycles. The van der Waals surface area contributed by atoms with Crippen molar-refractivity contribution in [3.05, 3.63) is 18.3 Å². The van der Waals surface area contributed by atoms with E-state index >= 15 is 0 Å². The molecule has 0 saturated carbocycles. The van der Waals surface area contributed by atoms with Crippen molar-refractivity contribution in [1.82, 2.24) is 9.97 Å². The molecule has 15 heavy (non-hydrogen) atoms. The molecule has 84 valence electrons. The van der Waals surface area contributed by atoms with Gasteiger partial charge in [-0.2, -0.15) is 16.2 Å². The summed E-state index contributed by atoms with van der Waals surface area (Å²) in [4.78, 5) is 7.24. The van der Waals surface area contributed by atoms with Crippen LogP contribution in [-0.2, 0) is 0 Å². The standard InChI is InChI=1S/C9H14FN3OS/c1-6(7(4-14)15-2)13-9-3-8(10)11-5-12-9/h3,5-7,14H,4H2,1-2H3,(H,11,12,13). The van der Waals surface area contributed by atoms with Crippen LogP contribution in [0.2, 0.25) is 0 Å². The first-order valence-electron chi connectivity index (χ1n) is 4.55. The van der Waals surface area contributed by atoms with Gasteiger partial charge in [0.25, 0.3) is 0 Å². The maximum atomic E-state index is 12.7. The Balaban J connectivity index is 2.61. The number of nitrogens with zero attached hydrogens (tertiary/aromatic N) is 2. The zero-order valence-electron chi connectivity index (χ0n) is 8.64. The van der Waals surface area contributed by atoms with E-state index in [1.807, 2.05) is 13.2 Å². The van der Waals surface area contributed by atoms with Crippen molar-refractivity contribution in [2.45, 2.75) is 18.2 Å². The molecule has 6 heteroatoms. The van der Waals surface area contributed by atoms with Crippen molar-refractivity contribution in [1.29, 1.82) is 0 Å². The molecule has 2 atom stereocenters. The fourth-order valence-electron chi connectivity index (χ4n) is 1.18. The summed E-state index contributed by atoms with van der Waals surface area (Å²) in [6, 6.07) is 1.24. The minimum Gasteiger partial charge on any atom is -0.395 e. The van der Waals surface area contributed by atoms with Gasteiger partial charge in [-0.15, -0.1) is 0 Å². The van der Waals surface area contributed by atoms with Gasteiger partial charge in [-0.3, -0.25) is 0 Å². The summed E-state index contributed by atoms with van der Waals surface area (Å²) in [5.74, 6) is -0.133. The quantitative estimate of drug-likeness (QED) is 0.744. The predicted octanol–water partition coefficient (Wildman–Crippen LogP) is 1.14. The van der Waals surface area contributed by atoms with Crippen LogP contribution in [0.3, 0.4) is 0 Å². The van der Waals surface area contributed by atoms with Gasteiger partial charge in [0.05, 0.1) is 6.61 Å². The summed E-state index contributed by atoms with van der Waals surface area (Å²) in [5.41, 5.74) is 0. The minimum absolute atomic E-state index is 0.0132. The Morgan fingerprint density at radius 3 is 2.87 bits per heavy atom. The van der Waals surface area contributed by atoms with E-state index in [4.69, 9.17) is 5.11 Å². The summed E-state index contributed by atoms with van der Waals surface area (Å²) in [5, 5.41) is 12.1. The number of nitrogens with one attached hydrogen (secondary N) is 1. The molecule has 1 heterocycles. The molecule has 2 unspecified atom stereocenters. The Labute approximate surface area is 92.3 Å². The molecular formula is C9H14FN3OS. The van der Waals surface area contributed by atoms with Gasteiger partial charge in [0.1, 0.15) is 12.1 Å². The molecule has 0 bridgehead atoms. The summed E-state index contributed by atoms with van der Waals surface area (Å²) in [7, 11) is 0. The van der Waals surface area contributed by atoms with Crippen molar-refractivity contribution < 1.29 is 9.50 Å². The smallest absolute Gasteiger partial charge is 0.217 e. The third kappa shape index (κ3) is 3.64. The Morgan fingerprint density at radius 1 is 1.60 bits per heavy atom. The molecule has 0 spiro atoms. The average Bonchev–Trinajstić information content (AvgIpc) is 2.19. The van der Waals surface area contributed by atoms with Crippen molar-refractivity contribution >= 4 is 17.6 Å². The highest BCUT2D eigenvalue weighted by atomic mass is 32.2. The average molecular weight is 231 g/mol. The molecule has 0 aliphatic carbocycles. The first-order valence-corrected chi connectivity index (χ1v) is 5.84. The third-order valence-corrected chi connectivity index (χ3v) is 3.21. The number of thioether (sulfide) groups is 1. The predicted molar refractivity (Wildman–Crippen MR) is 59.5 cm³/mol. The largest absolute Gasteiger partial charge is 0.395 e. The Bertz CT molecular complexity index is 309. The topological polar surface area (TPSA) is 58.0 Å². The maximum absolute atomic E-state index is 12.7. The van der Waals surface area contributed by atoms with E-state index in [9.17, 15) is 4.39 Å². The number of halogens is 1. The highest BCUT2D eigenvalue weighted by Gasteiger charge is 2.15. The van der Waals surface area contributed by atoms with Crippen molar-refractivity contribution in [3.63, 3.8) is 0 Å². The van der Waals surface area contributed by atoms with Crippen molar-refractivity contribution in [2.24, 2.45) is 0 Å². The second-order valence-electron chi connectivity index (χ2n) is 3.12. The molecule has 1 aromatic rings. The zero-order chi connectivity index (χ0) is 11.3. The van der Waals surface area contributed by atoms with Gasteiger partial charge >= 0.3 is 0 Å². The van der Waals surface area contributed by atoms with Crippen molar-refractivity contribution in [2.75, 3.05) is 18.2 Å². The third-order valence-electron chi connectivity index (χ3n) is 2.05. The highest BCUT2D eigenvalue weighted by Crippen LogP contribution is 2.14. The molecule has 0 aliphatic rings. The maximum Gasteiger partial charge on any atom is 0.217 e. The van der Waals surface area contributed by atoms with E-state index in [2.05, 4.69) is 15.3 Å². The number of hydrogen-bond acceptors (Lipinski definition) is 5. The lowest BCUT2D eigenvalue weighted by Crippen LogP contribution is -2.31. The number of aromatic nitrogens is 2. The molecule has 4 nitrogen and oxygen atoms in total. The van der Waals surface area contributed by atoms with Crippen LogP contribution in [0.1, 0.15) is 6.92 Å². The second-order valence-corrected chi connectivity index (χ2v) is 4.19. The summed E-state index contributed by atoms with van der Waals surface area (Å²) in [6.07, 6.45) is 3.08. The monoisotopic (exact) mass is 231 g/mol. The van der Waals surface area contributed by atoms with E-state index in [-0.39, 0.29) is 17.9 Å². The fraction of sp³-hybridized carbons (Fsp3) is 0.556. The van der Waals surface area contributed by atoms with Gasteiger partial charge in [-0.1, -0.05) is 0 Å². The molecule has 0 amide bonds. The number of anilines is 1. The fourth-order valence-corrected chi connectivity index (χ4v) is 1.80. The summed E-state index contributed by atoms with van der Waals surface area (Å²) in [6.45, 7) is 1.99. The molecule has 0 fully saturated rings. The van der Waals surface area contributed by atoms with Crippen LogP contribution >= 0.6 is 11.8 Å². The van der Waals surface area contributed by atoms with Crippen LogP contribution in [0, 0.1) is 5.95 Å². The molecular weight excluding hydrogens is 217 g/mol. The van der Waals surface area contributed by atoms with Crippen LogP contribution < -0.4 is 5.32 Å². The molecule has 0 aliphatic heterocycles. The second kappa shape index (κ2) is 5.87. The van der Waals surface area contributed by atoms with Gasteiger partial charge < -0.3 is 10.4 Å². The normalized spacial score (nSPS) is 14.7. The molecule has 1 rings (SSSR count). The van der Waals surface area contributed by atoms with Crippen LogP contribution in [0.5, 0.6) is 0 Å². The SMILES string of the molecule is CSC(CO)C(C)Nc1cc(F)ncn1. The van der Waals surface area contributed by atoms with Crippen LogP contribution in [0.15, 0.2) is 12.4 Å². The lowest BCUT2D eigenvalue weighted by Gasteiger charge is -2.21. The zero-order valence-corrected chi connectivity index (χ0v) is 9.46. The van der Waals surface area contributed by atoms with Crippen LogP contribution in [-0.4, -0.2) is 39.2 Å². The van der Waals surface area contributed by atoms with Gasteiger partial charge in [-0.25, -0.2) is 9.97 Å². The van der Waals surface area contributed by atoms with Gasteiger partial charge in [0.15, 0.2) is 0 Å². The highest BCUT2D eigenvalue weighted by molar-refractivity contribution is 7.99. The summed E-state index contributed by atoms with van der Waals surface area (Å²) >= 11 is 1.55. The van der Waals surface area contributed by atoms with Gasteiger partial charge in [0.2, 0.25) is 5.95 Å². The van der Waals surface area contributed by atoms with Gasteiger partial charge in [0, 0.05) is 17.4 Å². The van der Waals surface area contributed by atoms with E-state index in [0.29, 0.717) is 5.82 Å². The van der Waals surface area contributed by atoms with Crippen LogP contribution in [0.25, 0.3) is 0 Å². The molecule has 2 N–H and O–H groups in total. The summed E-state index contributed by atoms with van der Waals surface area (Å²) < 4.78 is 12.7. The molecule has 0 saturated heterocycles. The van der Waals surface area contributed by atoms with E-state index in [1.165, 1.54) is 6.07 Å². The van der Waals surface area contributed by atoms with Crippen molar-refractivity contribution in [3.8, 4) is 0 Å². The first kappa shape index (κ1) is 12.2. The Kier molecular flexibility index (Phi) is 4.77. The van der Waals surface area contributed by atoms with Gasteiger partial charge in [-0.05, 0) is 13.2 Å².